The summed E-state index contributed by atoms with van der Waals surface area (Å²) < 4.78 is 7.84. The summed E-state index contributed by atoms with van der Waals surface area (Å²) in [7, 11) is 0. The highest BCUT2D eigenvalue weighted by atomic mass is 16.5. The number of imidazole rings is 1. The Bertz CT molecular complexity index is 1230. The van der Waals surface area contributed by atoms with Gasteiger partial charge in [-0.1, -0.05) is 23.4 Å². The Morgan fingerprint density at radius 3 is 2.73 bits per heavy atom. The molecule has 0 spiro atoms. The molecule has 0 aliphatic rings. The maximum Gasteiger partial charge on any atom is 0.333 e. The van der Waals surface area contributed by atoms with Crippen LogP contribution in [0.4, 0.5) is 5.69 Å². The molecule has 0 unspecified atom stereocenters. The van der Waals surface area contributed by atoms with Gasteiger partial charge in [0.2, 0.25) is 11.8 Å². The summed E-state index contributed by atoms with van der Waals surface area (Å²) in [6.07, 6.45) is 2.89. The summed E-state index contributed by atoms with van der Waals surface area (Å²) in [5.74, 6) is -0.00275. The molecule has 3 heterocycles. The molecule has 0 saturated heterocycles. The second kappa shape index (κ2) is 7.74. The number of aromatic nitrogens is 5. The van der Waals surface area contributed by atoms with E-state index in [1.54, 1.807) is 35.1 Å². The van der Waals surface area contributed by atoms with Crippen LogP contribution in [0.5, 0.6) is 5.88 Å². The molecule has 0 aliphatic carbocycles. The van der Waals surface area contributed by atoms with Crippen LogP contribution in [0.3, 0.4) is 0 Å². The number of nitrogens with zero attached hydrogens (tertiary/aromatic N) is 4. The number of aromatic amines is 1. The molecule has 1 amide bonds. The highest BCUT2D eigenvalue weighted by molar-refractivity contribution is 5.92. The van der Waals surface area contributed by atoms with Crippen molar-refractivity contribution in [3.63, 3.8) is 0 Å². The number of carbonyl (C=O) groups is 1. The van der Waals surface area contributed by atoms with Gasteiger partial charge in [-0.15, -0.1) is 0 Å². The number of carbonyl (C=O) groups excluding carboxylic acids is 1. The second-order valence-corrected chi connectivity index (χ2v) is 6.86. The minimum Gasteiger partial charge on any atom is -0.493 e. The number of aryl methyl sites for hydroxylation is 2. The van der Waals surface area contributed by atoms with Gasteiger partial charge >= 0.3 is 5.69 Å². The molecule has 0 saturated carbocycles. The van der Waals surface area contributed by atoms with Crippen LogP contribution in [0.25, 0.3) is 5.69 Å². The fraction of sp³-hybridized carbons (Fsp3) is 0.200. The van der Waals surface area contributed by atoms with Crippen LogP contribution in [-0.2, 0) is 17.8 Å². The zero-order chi connectivity index (χ0) is 21.3. The number of hydrogen-bond acceptors (Lipinski definition) is 6. The molecule has 0 fully saturated rings. The predicted octanol–water partition coefficient (Wildman–Crippen LogP) is 1.90. The minimum absolute atomic E-state index is 0.118. The number of amides is 1. The lowest BCUT2D eigenvalue weighted by atomic mass is 10.2. The Balaban J connectivity index is 1.53. The SMILES string of the molecule is Cc1noc(C)c1Cn1cc(-n2c(O)c(CC(=O)Nc3ccccc3)[nH]c2=O)cn1. The van der Waals surface area contributed by atoms with Gasteiger partial charge in [0.1, 0.15) is 5.76 Å². The average Bonchev–Trinajstić information content (AvgIpc) is 3.37. The maximum absolute atomic E-state index is 12.4. The van der Waals surface area contributed by atoms with E-state index >= 15 is 0 Å². The quantitative estimate of drug-likeness (QED) is 0.447. The van der Waals surface area contributed by atoms with Gasteiger partial charge in [-0.25, -0.2) is 9.36 Å². The van der Waals surface area contributed by atoms with Gasteiger partial charge in [0.25, 0.3) is 0 Å². The van der Waals surface area contributed by atoms with Crippen molar-refractivity contribution in [1.29, 1.82) is 0 Å². The number of anilines is 1. The number of nitrogens with one attached hydrogen (secondary N) is 2. The number of H-pyrrole nitrogens is 1. The highest BCUT2D eigenvalue weighted by Crippen LogP contribution is 2.20. The summed E-state index contributed by atoms with van der Waals surface area (Å²) >= 11 is 0. The van der Waals surface area contributed by atoms with Crippen LogP contribution >= 0.6 is 0 Å². The van der Waals surface area contributed by atoms with E-state index in [4.69, 9.17) is 4.52 Å². The van der Waals surface area contributed by atoms with Gasteiger partial charge in [0.15, 0.2) is 0 Å². The lowest BCUT2D eigenvalue weighted by Crippen LogP contribution is -2.15. The minimum atomic E-state index is -0.563. The molecule has 3 N–H and O–H groups in total. The molecule has 3 aromatic heterocycles. The van der Waals surface area contributed by atoms with Crippen LogP contribution in [0.15, 0.2) is 52.0 Å². The lowest BCUT2D eigenvalue weighted by molar-refractivity contribution is -0.115. The molecule has 0 bridgehead atoms. The van der Waals surface area contributed by atoms with Gasteiger partial charge in [-0.05, 0) is 26.0 Å². The largest absolute Gasteiger partial charge is 0.493 e. The molecule has 30 heavy (non-hydrogen) atoms. The number of benzene rings is 1. The Morgan fingerprint density at radius 1 is 1.27 bits per heavy atom. The van der Waals surface area contributed by atoms with Crippen molar-refractivity contribution in [3.05, 3.63) is 75.9 Å². The van der Waals surface area contributed by atoms with E-state index in [0.29, 0.717) is 23.7 Å². The first kappa shape index (κ1) is 19.2. The topological polar surface area (TPSA) is 131 Å². The molecule has 154 valence electrons. The molecule has 0 aliphatic heterocycles. The van der Waals surface area contributed by atoms with E-state index in [1.807, 2.05) is 19.9 Å². The normalized spacial score (nSPS) is 11.0. The van der Waals surface area contributed by atoms with Gasteiger partial charge < -0.3 is 19.9 Å². The summed E-state index contributed by atoms with van der Waals surface area (Å²) in [5, 5.41) is 21.4. The smallest absolute Gasteiger partial charge is 0.333 e. The zero-order valence-corrected chi connectivity index (χ0v) is 16.4. The van der Waals surface area contributed by atoms with Gasteiger partial charge in [0, 0.05) is 17.4 Å². The molecule has 4 rings (SSSR count). The fourth-order valence-electron chi connectivity index (χ4n) is 3.17. The van der Waals surface area contributed by atoms with Crippen LogP contribution in [-0.4, -0.2) is 35.5 Å². The van der Waals surface area contributed by atoms with Crippen molar-refractivity contribution in [2.75, 3.05) is 5.32 Å². The van der Waals surface area contributed by atoms with Crippen molar-refractivity contribution in [1.82, 2.24) is 24.5 Å². The van der Waals surface area contributed by atoms with Gasteiger partial charge in [-0.2, -0.15) is 5.10 Å². The van der Waals surface area contributed by atoms with Gasteiger partial charge in [0.05, 0.1) is 36.2 Å². The van der Waals surface area contributed by atoms with E-state index in [2.05, 4.69) is 20.6 Å². The molecule has 1 aromatic carbocycles. The van der Waals surface area contributed by atoms with Crippen LogP contribution < -0.4 is 11.0 Å². The molecule has 0 radical (unpaired) electrons. The maximum atomic E-state index is 12.4. The first-order valence-electron chi connectivity index (χ1n) is 9.24. The third-order valence-electron chi connectivity index (χ3n) is 4.72. The molecule has 0 atom stereocenters. The summed E-state index contributed by atoms with van der Waals surface area (Å²) in [4.78, 5) is 27.2. The first-order chi connectivity index (χ1) is 14.4. The Morgan fingerprint density at radius 2 is 2.03 bits per heavy atom. The molecular formula is C20H20N6O4. The van der Waals surface area contributed by atoms with Crippen molar-refractivity contribution >= 4 is 11.6 Å². The predicted molar refractivity (Wildman–Crippen MR) is 108 cm³/mol. The van der Waals surface area contributed by atoms with Crippen molar-refractivity contribution in [2.24, 2.45) is 0 Å². The number of hydrogen-bond donors (Lipinski definition) is 3. The molecular weight excluding hydrogens is 388 g/mol. The standard InChI is InChI=1S/C20H20N6O4/c1-12-16(13(2)30-24-12)11-25-10-15(9-21-25)26-19(28)17(23-20(26)29)8-18(27)22-14-6-4-3-5-7-14/h3-7,9-10,28H,8,11H2,1-2H3,(H,22,27)(H,23,29). The Kier molecular flexibility index (Phi) is 4.97. The van der Waals surface area contributed by atoms with E-state index in [-0.39, 0.29) is 23.9 Å². The van der Waals surface area contributed by atoms with Crippen LogP contribution in [0, 0.1) is 13.8 Å². The lowest BCUT2D eigenvalue weighted by Gasteiger charge is -2.04. The monoisotopic (exact) mass is 408 g/mol. The van der Waals surface area contributed by atoms with E-state index in [1.165, 1.54) is 6.20 Å². The average molecular weight is 408 g/mol. The second-order valence-electron chi connectivity index (χ2n) is 6.86. The van der Waals surface area contributed by atoms with Crippen LogP contribution in [0.1, 0.15) is 22.7 Å². The molecule has 10 nitrogen and oxygen atoms in total. The first-order valence-corrected chi connectivity index (χ1v) is 9.24. The van der Waals surface area contributed by atoms with Crippen molar-refractivity contribution in [2.45, 2.75) is 26.8 Å². The van der Waals surface area contributed by atoms with Crippen molar-refractivity contribution < 1.29 is 14.4 Å². The van der Waals surface area contributed by atoms with E-state index in [0.717, 1.165) is 15.8 Å². The highest BCUT2D eigenvalue weighted by Gasteiger charge is 2.19. The van der Waals surface area contributed by atoms with Gasteiger partial charge in [-0.3, -0.25) is 9.48 Å². The summed E-state index contributed by atoms with van der Waals surface area (Å²) in [6.45, 7) is 4.06. The van der Waals surface area contributed by atoms with Crippen LogP contribution in [0.2, 0.25) is 0 Å². The van der Waals surface area contributed by atoms with E-state index < -0.39 is 5.69 Å². The Hall–Kier alpha value is -4.08. The zero-order valence-electron chi connectivity index (χ0n) is 16.4. The summed E-state index contributed by atoms with van der Waals surface area (Å²) in [5.41, 5.74) is 2.21. The Labute approximate surface area is 170 Å². The number of para-hydroxylation sites is 1. The number of aromatic hydroxyl groups is 1. The fourth-order valence-corrected chi connectivity index (χ4v) is 3.17. The van der Waals surface area contributed by atoms with Crippen molar-refractivity contribution in [3.8, 4) is 11.6 Å². The van der Waals surface area contributed by atoms with E-state index in [9.17, 15) is 14.7 Å². The molecule has 10 heteroatoms. The molecule has 4 aromatic rings. The summed E-state index contributed by atoms with van der Waals surface area (Å²) in [6, 6.07) is 8.93. The number of rotatable bonds is 6. The third kappa shape index (κ3) is 3.75. The third-order valence-corrected chi connectivity index (χ3v) is 4.72.